The van der Waals surface area contributed by atoms with E-state index in [0.29, 0.717) is 19.5 Å². The number of hydrogen-bond donors (Lipinski definition) is 0. The summed E-state index contributed by atoms with van der Waals surface area (Å²) in [4.78, 5) is 14.6. The average Bonchev–Trinajstić information content (AvgIpc) is 3.21. The van der Waals surface area contributed by atoms with Gasteiger partial charge in [0.2, 0.25) is 5.91 Å². The zero-order valence-corrected chi connectivity index (χ0v) is 14.9. The Bertz CT molecular complexity index is 954. The van der Waals surface area contributed by atoms with Gasteiger partial charge < -0.3 is 13.9 Å². The van der Waals surface area contributed by atoms with E-state index in [1.807, 2.05) is 11.0 Å². The summed E-state index contributed by atoms with van der Waals surface area (Å²) in [5.74, 6) is 1.97. The minimum atomic E-state index is 0.105. The van der Waals surface area contributed by atoms with Crippen LogP contribution in [0.3, 0.4) is 0 Å². The molecule has 0 unspecified atom stereocenters. The third kappa shape index (κ3) is 2.62. The summed E-state index contributed by atoms with van der Waals surface area (Å²) >= 11 is 0. The lowest BCUT2D eigenvalue weighted by Gasteiger charge is -2.27. The second-order valence-electron chi connectivity index (χ2n) is 6.67. The van der Waals surface area contributed by atoms with Gasteiger partial charge in [0.25, 0.3) is 0 Å². The summed E-state index contributed by atoms with van der Waals surface area (Å²) in [7, 11) is 0. The predicted octanol–water partition coefficient (Wildman–Crippen LogP) is 2.79. The van der Waals surface area contributed by atoms with Gasteiger partial charge in [-0.2, -0.15) is 0 Å². The number of carbonyl (C=O) groups is 1. The fourth-order valence-electron chi connectivity index (χ4n) is 3.49. The number of hydrogen-bond acceptors (Lipinski definition) is 4. The molecule has 0 aliphatic carbocycles. The zero-order valence-electron chi connectivity index (χ0n) is 14.9. The van der Waals surface area contributed by atoms with Crippen LogP contribution in [0.5, 0.6) is 0 Å². The molecule has 4 rings (SSSR count). The molecule has 0 N–H and O–H groups in total. The van der Waals surface area contributed by atoms with E-state index in [1.54, 1.807) is 6.26 Å². The molecule has 130 valence electrons. The number of rotatable bonds is 3. The Labute approximate surface area is 146 Å². The normalized spacial score (nSPS) is 14.1. The Morgan fingerprint density at radius 1 is 1.24 bits per heavy atom. The van der Waals surface area contributed by atoms with E-state index < -0.39 is 0 Å². The topological polar surface area (TPSA) is 64.2 Å². The van der Waals surface area contributed by atoms with Crippen LogP contribution in [0, 0.1) is 13.8 Å². The highest BCUT2D eigenvalue weighted by atomic mass is 16.3. The van der Waals surface area contributed by atoms with E-state index in [4.69, 9.17) is 4.42 Å². The first-order valence-electron chi connectivity index (χ1n) is 8.73. The number of aromatic nitrogens is 3. The minimum Gasteiger partial charge on any atom is -0.464 e. The molecule has 25 heavy (non-hydrogen) atoms. The molecule has 0 radical (unpaired) electrons. The van der Waals surface area contributed by atoms with Crippen molar-refractivity contribution in [2.24, 2.45) is 0 Å². The average molecular weight is 338 g/mol. The third-order valence-electron chi connectivity index (χ3n) is 5.18. The SMILES string of the molecule is CCc1nnc2n1CCN(C(=O)Cc1coc3c(C)c(C)ccc13)C2. The Hall–Kier alpha value is -2.63. The van der Waals surface area contributed by atoms with Crippen molar-refractivity contribution in [1.82, 2.24) is 19.7 Å². The van der Waals surface area contributed by atoms with Crippen molar-refractivity contribution < 1.29 is 9.21 Å². The maximum absolute atomic E-state index is 12.8. The molecule has 1 aliphatic heterocycles. The molecule has 1 aromatic carbocycles. The number of benzene rings is 1. The molecule has 0 atom stereocenters. The van der Waals surface area contributed by atoms with Gasteiger partial charge in [-0.15, -0.1) is 10.2 Å². The Kier molecular flexibility index (Phi) is 3.82. The monoisotopic (exact) mass is 338 g/mol. The number of carbonyl (C=O) groups excluding carboxylic acids is 1. The van der Waals surface area contributed by atoms with Crippen LogP contribution in [0.15, 0.2) is 22.8 Å². The Morgan fingerprint density at radius 3 is 2.88 bits per heavy atom. The van der Waals surface area contributed by atoms with Crippen LogP contribution in [0.2, 0.25) is 0 Å². The van der Waals surface area contributed by atoms with E-state index in [2.05, 4.69) is 41.6 Å². The van der Waals surface area contributed by atoms with Crippen LogP contribution < -0.4 is 0 Å². The second kappa shape index (κ2) is 6.02. The lowest BCUT2D eigenvalue weighted by molar-refractivity contribution is -0.132. The molecule has 6 nitrogen and oxygen atoms in total. The quantitative estimate of drug-likeness (QED) is 0.737. The third-order valence-corrected chi connectivity index (χ3v) is 5.18. The number of aryl methyl sites for hydroxylation is 3. The molecule has 1 aliphatic rings. The summed E-state index contributed by atoms with van der Waals surface area (Å²) in [6, 6.07) is 4.13. The van der Waals surface area contributed by atoms with Crippen molar-refractivity contribution in [2.75, 3.05) is 6.54 Å². The summed E-state index contributed by atoms with van der Waals surface area (Å²) in [6.07, 6.45) is 2.93. The van der Waals surface area contributed by atoms with Crippen molar-refractivity contribution in [3.8, 4) is 0 Å². The van der Waals surface area contributed by atoms with E-state index in [1.165, 1.54) is 5.56 Å². The van der Waals surface area contributed by atoms with E-state index >= 15 is 0 Å². The highest BCUT2D eigenvalue weighted by Crippen LogP contribution is 2.27. The lowest BCUT2D eigenvalue weighted by atomic mass is 10.0. The highest BCUT2D eigenvalue weighted by molar-refractivity contribution is 5.89. The lowest BCUT2D eigenvalue weighted by Crippen LogP contribution is -2.39. The molecule has 0 saturated heterocycles. The molecule has 6 heteroatoms. The summed E-state index contributed by atoms with van der Waals surface area (Å²) < 4.78 is 7.85. The van der Waals surface area contributed by atoms with Crippen molar-refractivity contribution >= 4 is 16.9 Å². The molecule has 2 aromatic heterocycles. The number of furan rings is 1. The molecule has 0 fully saturated rings. The molecule has 0 bridgehead atoms. The summed E-state index contributed by atoms with van der Waals surface area (Å²) in [6.45, 7) is 8.18. The fourth-order valence-corrected chi connectivity index (χ4v) is 3.49. The van der Waals surface area contributed by atoms with Crippen molar-refractivity contribution in [2.45, 2.75) is 46.7 Å². The van der Waals surface area contributed by atoms with Gasteiger partial charge in [-0.25, -0.2) is 0 Å². The van der Waals surface area contributed by atoms with E-state index in [-0.39, 0.29) is 5.91 Å². The van der Waals surface area contributed by atoms with Crippen LogP contribution in [-0.2, 0) is 30.7 Å². The molecule has 3 heterocycles. The maximum atomic E-state index is 12.8. The summed E-state index contributed by atoms with van der Waals surface area (Å²) in [5, 5.41) is 9.47. The second-order valence-corrected chi connectivity index (χ2v) is 6.67. The first-order chi connectivity index (χ1) is 12.1. The molecular weight excluding hydrogens is 316 g/mol. The van der Waals surface area contributed by atoms with Crippen LogP contribution >= 0.6 is 0 Å². The molecule has 1 amide bonds. The minimum absolute atomic E-state index is 0.105. The smallest absolute Gasteiger partial charge is 0.227 e. The first kappa shape index (κ1) is 15.9. The molecule has 0 saturated carbocycles. The van der Waals surface area contributed by atoms with Gasteiger partial charge in [0.1, 0.15) is 11.4 Å². The van der Waals surface area contributed by atoms with Gasteiger partial charge >= 0.3 is 0 Å². The molecular formula is C19H22N4O2. The summed E-state index contributed by atoms with van der Waals surface area (Å²) in [5.41, 5.74) is 4.16. The number of nitrogens with zero attached hydrogens (tertiary/aromatic N) is 4. The van der Waals surface area contributed by atoms with Crippen molar-refractivity contribution in [1.29, 1.82) is 0 Å². The molecule has 3 aromatic rings. The van der Waals surface area contributed by atoms with E-state index in [9.17, 15) is 4.79 Å². The van der Waals surface area contributed by atoms with Gasteiger partial charge in [-0.3, -0.25) is 4.79 Å². The fraction of sp³-hybridized carbons (Fsp3) is 0.421. The maximum Gasteiger partial charge on any atom is 0.227 e. The van der Waals surface area contributed by atoms with Gasteiger partial charge in [0.05, 0.1) is 19.2 Å². The zero-order chi connectivity index (χ0) is 17.6. The number of amides is 1. The van der Waals surface area contributed by atoms with Gasteiger partial charge in [-0.05, 0) is 25.0 Å². The van der Waals surface area contributed by atoms with Crippen LogP contribution in [0.4, 0.5) is 0 Å². The van der Waals surface area contributed by atoms with Crippen LogP contribution in [0.25, 0.3) is 11.0 Å². The van der Waals surface area contributed by atoms with Crippen molar-refractivity contribution in [3.63, 3.8) is 0 Å². The van der Waals surface area contributed by atoms with Crippen LogP contribution in [-0.4, -0.2) is 32.1 Å². The largest absolute Gasteiger partial charge is 0.464 e. The highest BCUT2D eigenvalue weighted by Gasteiger charge is 2.25. The van der Waals surface area contributed by atoms with E-state index in [0.717, 1.165) is 46.7 Å². The van der Waals surface area contributed by atoms with Gasteiger partial charge in [-0.1, -0.05) is 19.1 Å². The Morgan fingerprint density at radius 2 is 2.08 bits per heavy atom. The predicted molar refractivity (Wildman–Crippen MR) is 94.2 cm³/mol. The van der Waals surface area contributed by atoms with Gasteiger partial charge in [0.15, 0.2) is 5.82 Å². The number of fused-ring (bicyclic) bond motifs is 2. The first-order valence-corrected chi connectivity index (χ1v) is 8.73. The molecule has 0 spiro atoms. The van der Waals surface area contributed by atoms with Crippen LogP contribution in [0.1, 0.15) is 35.3 Å². The standard InChI is InChI=1S/C19H22N4O2/c1-4-16-20-21-17-10-22(7-8-23(16)17)18(24)9-14-11-25-19-13(3)12(2)5-6-15(14)19/h5-6,11H,4,7-10H2,1-3H3. The van der Waals surface area contributed by atoms with Gasteiger partial charge in [0, 0.05) is 30.5 Å². The Balaban J connectivity index is 1.54. The van der Waals surface area contributed by atoms with Crippen molar-refractivity contribution in [3.05, 3.63) is 46.7 Å².